The molecule has 0 radical (unpaired) electrons. The smallest absolute Gasteiger partial charge is 0.309 e. The number of rotatable bonds is 5. The summed E-state index contributed by atoms with van der Waals surface area (Å²) >= 11 is 5.95. The first kappa shape index (κ1) is 16.0. The Labute approximate surface area is 131 Å². The summed E-state index contributed by atoms with van der Waals surface area (Å²) in [5.74, 6) is -1.46. The summed E-state index contributed by atoms with van der Waals surface area (Å²) < 4.78 is 1.48. The monoisotopic (exact) mass is 322 g/mol. The Bertz CT molecular complexity index is 698. The maximum atomic E-state index is 12.1. The van der Waals surface area contributed by atoms with Gasteiger partial charge in [-0.15, -0.1) is 0 Å². The van der Waals surface area contributed by atoms with E-state index in [9.17, 15) is 9.59 Å². The fraction of sp³-hybridized carbons (Fsp3) is 0.286. The van der Waals surface area contributed by atoms with Crippen LogP contribution in [-0.4, -0.2) is 31.7 Å². The fourth-order valence-corrected chi connectivity index (χ4v) is 1.98. The third kappa shape index (κ3) is 3.62. The number of hydrogen-bond acceptors (Lipinski definition) is 4. The predicted molar refractivity (Wildman–Crippen MR) is 81.0 cm³/mol. The molecule has 1 aromatic heterocycles. The van der Waals surface area contributed by atoms with Gasteiger partial charge in [0, 0.05) is 11.4 Å². The molecule has 0 saturated heterocycles. The minimum absolute atomic E-state index is 0.161. The van der Waals surface area contributed by atoms with Gasteiger partial charge in [0.25, 0.3) is 0 Å². The van der Waals surface area contributed by atoms with Crippen LogP contribution in [0.4, 0.5) is 5.69 Å². The van der Waals surface area contributed by atoms with Crippen LogP contribution in [0, 0.1) is 5.41 Å². The first-order valence-corrected chi connectivity index (χ1v) is 6.85. The van der Waals surface area contributed by atoms with E-state index in [1.807, 2.05) is 0 Å². The standard InChI is InChI=1S/C14H15ClN4O3/c1-14(2,13(21)22)6-12(20)18-10-5-9(15)3-4-11(10)19-8-16-7-17-19/h3-5,7-8H,6H2,1-2H3,(H,18,20)(H,21,22). The van der Waals surface area contributed by atoms with Crippen molar-refractivity contribution >= 4 is 29.2 Å². The number of carboxylic acids is 1. The second-order valence-electron chi connectivity index (χ2n) is 5.42. The van der Waals surface area contributed by atoms with Crippen LogP contribution < -0.4 is 5.32 Å². The van der Waals surface area contributed by atoms with Gasteiger partial charge in [-0.05, 0) is 32.0 Å². The summed E-state index contributed by atoms with van der Waals surface area (Å²) in [7, 11) is 0. The molecular weight excluding hydrogens is 308 g/mol. The summed E-state index contributed by atoms with van der Waals surface area (Å²) in [6.07, 6.45) is 2.69. The zero-order chi connectivity index (χ0) is 16.3. The van der Waals surface area contributed by atoms with Gasteiger partial charge in [0.2, 0.25) is 5.91 Å². The Morgan fingerprint density at radius 3 is 2.73 bits per heavy atom. The number of anilines is 1. The van der Waals surface area contributed by atoms with Gasteiger partial charge in [-0.25, -0.2) is 9.67 Å². The number of halogens is 1. The van der Waals surface area contributed by atoms with Gasteiger partial charge < -0.3 is 10.4 Å². The number of carboxylic acid groups (broad SMARTS) is 1. The van der Waals surface area contributed by atoms with Gasteiger partial charge in [-0.1, -0.05) is 11.6 Å². The minimum atomic E-state index is -1.16. The molecule has 0 aliphatic rings. The van der Waals surface area contributed by atoms with E-state index in [0.717, 1.165) is 0 Å². The zero-order valence-electron chi connectivity index (χ0n) is 12.1. The second kappa shape index (κ2) is 6.15. The first-order valence-electron chi connectivity index (χ1n) is 6.47. The van der Waals surface area contributed by atoms with Crippen LogP contribution in [0.3, 0.4) is 0 Å². The van der Waals surface area contributed by atoms with Crippen LogP contribution in [0.25, 0.3) is 5.69 Å². The van der Waals surface area contributed by atoms with Gasteiger partial charge in [0.15, 0.2) is 0 Å². The summed E-state index contributed by atoms with van der Waals surface area (Å²) in [5.41, 5.74) is -0.136. The summed E-state index contributed by atoms with van der Waals surface area (Å²) in [5, 5.41) is 16.2. The molecule has 7 nitrogen and oxygen atoms in total. The molecule has 0 unspecified atom stereocenters. The lowest BCUT2D eigenvalue weighted by atomic mass is 9.89. The number of nitrogens with one attached hydrogen (secondary N) is 1. The van der Waals surface area contributed by atoms with Gasteiger partial charge in [-0.3, -0.25) is 9.59 Å². The number of amides is 1. The lowest BCUT2D eigenvalue weighted by Crippen LogP contribution is -2.29. The van der Waals surface area contributed by atoms with E-state index >= 15 is 0 Å². The summed E-state index contributed by atoms with van der Waals surface area (Å²) in [6.45, 7) is 2.98. The highest BCUT2D eigenvalue weighted by atomic mass is 35.5. The Kier molecular flexibility index (Phi) is 4.46. The first-order chi connectivity index (χ1) is 10.3. The number of nitrogens with zero attached hydrogens (tertiary/aromatic N) is 3. The maximum Gasteiger partial charge on any atom is 0.309 e. The van der Waals surface area contributed by atoms with Crippen molar-refractivity contribution in [2.75, 3.05) is 5.32 Å². The molecule has 0 atom stereocenters. The molecule has 0 aliphatic carbocycles. The highest BCUT2D eigenvalue weighted by Crippen LogP contribution is 2.26. The fourth-order valence-electron chi connectivity index (χ4n) is 1.81. The lowest BCUT2D eigenvalue weighted by Gasteiger charge is -2.19. The van der Waals surface area contributed by atoms with Crippen LogP contribution >= 0.6 is 11.6 Å². The molecule has 2 aromatic rings. The summed E-state index contributed by atoms with van der Waals surface area (Å²) in [4.78, 5) is 27.0. The van der Waals surface area contributed by atoms with Crippen LogP contribution in [0.2, 0.25) is 5.02 Å². The Balaban J connectivity index is 2.24. The molecule has 22 heavy (non-hydrogen) atoms. The summed E-state index contributed by atoms with van der Waals surface area (Å²) in [6, 6.07) is 4.93. The molecule has 1 heterocycles. The maximum absolute atomic E-state index is 12.1. The van der Waals surface area contributed by atoms with E-state index in [1.165, 1.54) is 31.2 Å². The quantitative estimate of drug-likeness (QED) is 0.880. The van der Waals surface area contributed by atoms with Crippen molar-refractivity contribution < 1.29 is 14.7 Å². The number of benzene rings is 1. The van der Waals surface area contributed by atoms with Crippen molar-refractivity contribution in [3.05, 3.63) is 35.9 Å². The van der Waals surface area contributed by atoms with Crippen molar-refractivity contribution in [3.8, 4) is 5.69 Å². The van der Waals surface area contributed by atoms with Crippen LogP contribution in [0.5, 0.6) is 0 Å². The molecule has 116 valence electrons. The average Bonchev–Trinajstić information content (AvgIpc) is 2.91. The molecule has 0 spiro atoms. The number of carbonyl (C=O) groups excluding carboxylic acids is 1. The van der Waals surface area contributed by atoms with Crippen molar-refractivity contribution in [3.63, 3.8) is 0 Å². The minimum Gasteiger partial charge on any atom is -0.481 e. The van der Waals surface area contributed by atoms with Crippen LogP contribution in [-0.2, 0) is 9.59 Å². The number of aliphatic carboxylic acids is 1. The molecule has 2 N–H and O–H groups in total. The Morgan fingerprint density at radius 2 is 2.14 bits per heavy atom. The normalized spacial score (nSPS) is 11.2. The molecule has 0 aliphatic heterocycles. The third-order valence-electron chi connectivity index (χ3n) is 3.08. The average molecular weight is 323 g/mol. The topological polar surface area (TPSA) is 97.1 Å². The van der Waals surface area contributed by atoms with Crippen molar-refractivity contribution in [1.82, 2.24) is 14.8 Å². The Morgan fingerprint density at radius 1 is 1.41 bits per heavy atom. The lowest BCUT2D eigenvalue weighted by molar-refractivity contribution is -0.148. The van der Waals surface area contributed by atoms with Crippen molar-refractivity contribution in [2.24, 2.45) is 5.41 Å². The van der Waals surface area contributed by atoms with E-state index < -0.39 is 17.3 Å². The van der Waals surface area contributed by atoms with Gasteiger partial charge in [0.1, 0.15) is 12.7 Å². The zero-order valence-corrected chi connectivity index (χ0v) is 12.8. The molecule has 1 amide bonds. The predicted octanol–water partition coefficient (Wildman–Crippen LogP) is 2.36. The molecule has 2 rings (SSSR count). The largest absolute Gasteiger partial charge is 0.481 e. The van der Waals surface area contributed by atoms with E-state index in [-0.39, 0.29) is 6.42 Å². The SMILES string of the molecule is CC(C)(CC(=O)Nc1cc(Cl)ccc1-n1cncn1)C(=O)O. The van der Waals surface area contributed by atoms with Gasteiger partial charge >= 0.3 is 5.97 Å². The van der Waals surface area contributed by atoms with E-state index in [1.54, 1.807) is 18.2 Å². The molecular formula is C14H15ClN4O3. The van der Waals surface area contributed by atoms with Crippen LogP contribution in [0.1, 0.15) is 20.3 Å². The van der Waals surface area contributed by atoms with Crippen LogP contribution in [0.15, 0.2) is 30.9 Å². The molecule has 1 aromatic carbocycles. The van der Waals surface area contributed by atoms with Crippen molar-refractivity contribution in [2.45, 2.75) is 20.3 Å². The van der Waals surface area contributed by atoms with E-state index in [2.05, 4.69) is 15.4 Å². The number of aromatic nitrogens is 3. The number of carbonyl (C=O) groups is 2. The molecule has 0 fully saturated rings. The third-order valence-corrected chi connectivity index (χ3v) is 3.31. The highest BCUT2D eigenvalue weighted by Gasteiger charge is 2.30. The molecule has 8 heteroatoms. The number of hydrogen-bond donors (Lipinski definition) is 2. The highest BCUT2D eigenvalue weighted by molar-refractivity contribution is 6.31. The van der Waals surface area contributed by atoms with Gasteiger partial charge in [-0.2, -0.15) is 5.10 Å². The van der Waals surface area contributed by atoms with Gasteiger partial charge in [0.05, 0.1) is 16.8 Å². The van der Waals surface area contributed by atoms with E-state index in [0.29, 0.717) is 16.4 Å². The van der Waals surface area contributed by atoms with E-state index in [4.69, 9.17) is 16.7 Å². The Hall–Kier alpha value is -2.41. The van der Waals surface area contributed by atoms with Crippen molar-refractivity contribution in [1.29, 1.82) is 0 Å². The second-order valence-corrected chi connectivity index (χ2v) is 5.85. The molecule has 0 saturated carbocycles. The molecule has 0 bridgehead atoms.